The van der Waals surface area contributed by atoms with Crippen LogP contribution in [0.4, 0.5) is 5.69 Å². The van der Waals surface area contributed by atoms with Gasteiger partial charge in [-0.25, -0.2) is 0 Å². The molecule has 0 aromatic heterocycles. The summed E-state index contributed by atoms with van der Waals surface area (Å²) in [7, 11) is 0. The van der Waals surface area contributed by atoms with E-state index in [4.69, 9.17) is 34.8 Å². The van der Waals surface area contributed by atoms with Crippen molar-refractivity contribution in [3.63, 3.8) is 0 Å². The number of nitro groups is 1. The minimum Gasteiger partial charge on any atom is -0.276 e. The van der Waals surface area contributed by atoms with Crippen LogP contribution in [-0.4, -0.2) is 15.5 Å². The number of hydrogen-bond acceptors (Lipinski definition) is 3. The van der Waals surface area contributed by atoms with Crippen molar-refractivity contribution in [1.29, 1.82) is 0 Å². The first-order valence-electron chi connectivity index (χ1n) is 3.59. The number of nitro benzene ring substituents is 1. The Bertz CT molecular complexity index is 306. The Kier molecular flexibility index (Phi) is 7.03. The summed E-state index contributed by atoms with van der Waals surface area (Å²) >= 11 is 14.7. The van der Waals surface area contributed by atoms with Crippen LogP contribution >= 0.6 is 34.8 Å². The largest absolute Gasteiger partial charge is 0.276 e. The zero-order chi connectivity index (χ0) is 11.8. The van der Waals surface area contributed by atoms with E-state index in [2.05, 4.69) is 0 Å². The Morgan fingerprint density at radius 1 is 1.27 bits per heavy atom. The number of carbonyl (C=O) groups excluding carboxylic acids is 1. The molecular weight excluding hydrogens is 264 g/mol. The smallest absolute Gasteiger partial charge is 0.269 e. The molecule has 4 nitrogen and oxygen atoms in total. The molecule has 0 aliphatic heterocycles. The predicted octanol–water partition coefficient (Wildman–Crippen LogP) is 3.40. The average Bonchev–Trinajstić information content (AvgIpc) is 2.19. The normalized spacial score (nSPS) is 8.73. The van der Waals surface area contributed by atoms with Crippen molar-refractivity contribution in [3.8, 4) is 0 Å². The fraction of sp³-hybridized carbons (Fsp3) is 0.125. The Labute approximate surface area is 101 Å². The van der Waals surface area contributed by atoms with Crippen LogP contribution in [0, 0.1) is 10.1 Å². The molecule has 0 saturated carbocycles. The van der Waals surface area contributed by atoms with Gasteiger partial charge in [-0.1, -0.05) is 0 Å². The van der Waals surface area contributed by atoms with Crippen molar-refractivity contribution in [2.24, 2.45) is 0 Å². The molecule has 0 aliphatic carbocycles. The van der Waals surface area contributed by atoms with Crippen LogP contribution in [-0.2, 0) is 0 Å². The maximum Gasteiger partial charge on any atom is 0.269 e. The van der Waals surface area contributed by atoms with Gasteiger partial charge in [0, 0.05) is 17.7 Å². The highest BCUT2D eigenvalue weighted by Gasteiger charge is 2.06. The van der Waals surface area contributed by atoms with Crippen molar-refractivity contribution in [1.82, 2.24) is 0 Å². The fourth-order valence-corrected chi connectivity index (χ4v) is 0.840. The molecule has 0 saturated heterocycles. The van der Waals surface area contributed by atoms with Crippen molar-refractivity contribution in [3.05, 3.63) is 39.9 Å². The predicted molar refractivity (Wildman–Crippen MR) is 59.9 cm³/mol. The van der Waals surface area contributed by atoms with Crippen LogP contribution in [0.3, 0.4) is 0 Å². The van der Waals surface area contributed by atoms with Crippen LogP contribution < -0.4 is 0 Å². The van der Waals surface area contributed by atoms with E-state index >= 15 is 0 Å². The van der Waals surface area contributed by atoms with E-state index in [0.717, 1.165) is 0 Å². The fourth-order valence-electron chi connectivity index (χ4n) is 0.714. The molecule has 0 spiro atoms. The van der Waals surface area contributed by atoms with Crippen molar-refractivity contribution in [2.75, 3.05) is 5.34 Å². The minimum absolute atomic E-state index is 0.0586. The van der Waals surface area contributed by atoms with Gasteiger partial charge in [0.1, 0.15) is 0 Å². The van der Waals surface area contributed by atoms with Gasteiger partial charge in [-0.3, -0.25) is 14.9 Å². The van der Waals surface area contributed by atoms with E-state index in [-0.39, 0.29) is 16.6 Å². The van der Waals surface area contributed by atoms with Gasteiger partial charge in [0.25, 0.3) is 10.9 Å². The molecule has 0 atom stereocenters. The second-order valence-corrected chi connectivity index (χ2v) is 3.33. The lowest BCUT2D eigenvalue weighted by Crippen LogP contribution is -1.90. The van der Waals surface area contributed by atoms with E-state index < -0.39 is 10.2 Å². The van der Waals surface area contributed by atoms with E-state index in [1.165, 1.54) is 24.3 Å². The molecule has 0 amide bonds. The summed E-state index contributed by atoms with van der Waals surface area (Å²) in [6, 6.07) is 5.09. The number of rotatable bonds is 2. The third-order valence-corrected chi connectivity index (χ3v) is 1.52. The first kappa shape index (κ1) is 14.2. The van der Waals surface area contributed by atoms with Gasteiger partial charge in [0.15, 0.2) is 0 Å². The summed E-state index contributed by atoms with van der Waals surface area (Å²) in [4.78, 5) is 20.2. The number of non-ortho nitro benzene ring substituents is 1. The first-order chi connectivity index (χ1) is 7.02. The molecule has 0 bridgehead atoms. The maximum atomic E-state index is 10.5. The summed E-state index contributed by atoms with van der Waals surface area (Å²) in [6.45, 7) is 0. The highest BCUT2D eigenvalue weighted by molar-refractivity contribution is 6.67. The Balaban J connectivity index is 0.000000583. The first-order valence-corrected chi connectivity index (χ1v) is 5.03. The SMILES string of the molecule is ClCCl.O=C(Cl)c1ccc([N+](=O)[O-])cc1. The molecular formula is C8H6Cl3NO3. The highest BCUT2D eigenvalue weighted by atomic mass is 35.5. The molecule has 1 aromatic rings. The van der Waals surface area contributed by atoms with Gasteiger partial charge in [-0.15, -0.1) is 23.2 Å². The number of nitrogens with zero attached hydrogens (tertiary/aromatic N) is 1. The summed E-state index contributed by atoms with van der Waals surface area (Å²) in [5, 5.41) is 9.74. The number of carbonyl (C=O) groups is 1. The summed E-state index contributed by atoms with van der Waals surface area (Å²) < 4.78 is 0. The second kappa shape index (κ2) is 7.45. The molecule has 82 valence electrons. The molecule has 15 heavy (non-hydrogen) atoms. The molecule has 0 N–H and O–H groups in total. The van der Waals surface area contributed by atoms with Crippen molar-refractivity contribution >= 4 is 45.7 Å². The van der Waals surface area contributed by atoms with Crippen molar-refractivity contribution < 1.29 is 9.72 Å². The lowest BCUT2D eigenvalue weighted by atomic mass is 10.2. The molecule has 0 fully saturated rings. The third-order valence-electron chi connectivity index (χ3n) is 1.31. The van der Waals surface area contributed by atoms with Gasteiger partial charge in [-0.2, -0.15) is 0 Å². The molecule has 0 aliphatic rings. The van der Waals surface area contributed by atoms with Crippen LogP contribution in [0.5, 0.6) is 0 Å². The van der Waals surface area contributed by atoms with E-state index in [1.54, 1.807) is 0 Å². The second-order valence-electron chi connectivity index (χ2n) is 2.18. The van der Waals surface area contributed by atoms with Crippen LogP contribution in [0.15, 0.2) is 24.3 Å². The molecule has 1 rings (SSSR count). The van der Waals surface area contributed by atoms with Gasteiger partial charge in [-0.05, 0) is 23.7 Å². The van der Waals surface area contributed by atoms with E-state index in [9.17, 15) is 14.9 Å². The Morgan fingerprint density at radius 2 is 1.67 bits per heavy atom. The number of hydrogen-bond donors (Lipinski definition) is 0. The summed E-state index contributed by atoms with van der Waals surface area (Å²) in [5.74, 6) is 0. The Morgan fingerprint density at radius 3 is 1.93 bits per heavy atom. The van der Waals surface area contributed by atoms with Gasteiger partial charge in [0.2, 0.25) is 0 Å². The number of halogens is 3. The van der Waals surface area contributed by atoms with Crippen LogP contribution in [0.1, 0.15) is 10.4 Å². The van der Waals surface area contributed by atoms with Gasteiger partial charge in [0.05, 0.1) is 10.3 Å². The summed E-state index contributed by atoms with van der Waals surface area (Å²) in [5.41, 5.74) is 0.193. The lowest BCUT2D eigenvalue weighted by Gasteiger charge is -1.92. The molecule has 7 heteroatoms. The standard InChI is InChI=1S/C7H4ClNO3.CH2Cl2/c8-7(10)5-1-3-6(4-2-5)9(11)12;2-1-3/h1-4H;1H2. The van der Waals surface area contributed by atoms with Gasteiger partial charge >= 0.3 is 0 Å². The molecule has 0 unspecified atom stereocenters. The zero-order valence-corrected chi connectivity index (χ0v) is 9.59. The Hall–Kier alpha value is -0.840. The topological polar surface area (TPSA) is 60.2 Å². The van der Waals surface area contributed by atoms with Crippen molar-refractivity contribution in [2.45, 2.75) is 0 Å². The van der Waals surface area contributed by atoms with Crippen LogP contribution in [0.2, 0.25) is 0 Å². The highest BCUT2D eigenvalue weighted by Crippen LogP contribution is 2.12. The average molecular weight is 270 g/mol. The van der Waals surface area contributed by atoms with E-state index in [1.807, 2.05) is 0 Å². The molecule has 0 radical (unpaired) electrons. The number of alkyl halides is 2. The maximum absolute atomic E-state index is 10.5. The minimum atomic E-state index is -0.620. The van der Waals surface area contributed by atoms with Gasteiger partial charge < -0.3 is 0 Å². The summed E-state index contributed by atoms with van der Waals surface area (Å²) in [6.07, 6.45) is 0. The van der Waals surface area contributed by atoms with Crippen LogP contribution in [0.25, 0.3) is 0 Å². The quantitative estimate of drug-likeness (QED) is 0.358. The third kappa shape index (κ3) is 5.57. The lowest BCUT2D eigenvalue weighted by molar-refractivity contribution is -0.384. The van der Waals surface area contributed by atoms with E-state index in [0.29, 0.717) is 0 Å². The number of benzene rings is 1. The monoisotopic (exact) mass is 269 g/mol. The molecule has 0 heterocycles. The zero-order valence-electron chi connectivity index (χ0n) is 7.32. The molecule has 1 aromatic carbocycles.